The van der Waals surface area contributed by atoms with Gasteiger partial charge in [-0.3, -0.25) is 9.78 Å². The van der Waals surface area contributed by atoms with Gasteiger partial charge < -0.3 is 10.1 Å². The van der Waals surface area contributed by atoms with Crippen LogP contribution in [0.1, 0.15) is 39.8 Å². The van der Waals surface area contributed by atoms with Crippen molar-refractivity contribution in [3.8, 4) is 5.75 Å². The minimum absolute atomic E-state index is 0.233. The number of hydrogen-bond acceptors (Lipinski definition) is 5. The first kappa shape index (κ1) is 16.0. The lowest BCUT2D eigenvalue weighted by Gasteiger charge is -2.15. The number of nitrogens with zero attached hydrogens (tertiary/aromatic N) is 2. The first-order valence-electron chi connectivity index (χ1n) is 7.37. The Morgan fingerprint density at radius 3 is 2.68 bits per heavy atom. The van der Waals surface area contributed by atoms with Crippen LogP contribution < -0.4 is 15.6 Å². The monoisotopic (exact) mass is 302 g/mol. The number of anilines is 2. The number of nitrogens with one attached hydrogen (secondary N) is 2. The molecule has 0 amide bonds. The van der Waals surface area contributed by atoms with Gasteiger partial charge in [0.2, 0.25) is 5.95 Å². The Balaban J connectivity index is 2.17. The third kappa shape index (κ3) is 4.07. The summed E-state index contributed by atoms with van der Waals surface area (Å²) in [6, 6.07) is 7.49. The highest BCUT2D eigenvalue weighted by Gasteiger charge is 2.20. The van der Waals surface area contributed by atoms with Crippen molar-refractivity contribution >= 4 is 11.6 Å². The molecule has 0 radical (unpaired) electrons. The lowest BCUT2D eigenvalue weighted by atomic mass is 9.93. The molecule has 1 aromatic carbocycles. The van der Waals surface area contributed by atoms with Gasteiger partial charge in [-0.15, -0.1) is 10.2 Å². The predicted octanol–water partition coefficient (Wildman–Crippen LogP) is 2.99. The Labute approximate surface area is 129 Å². The molecule has 6 heteroatoms. The van der Waals surface area contributed by atoms with Crippen LogP contribution in [0.4, 0.5) is 11.6 Å². The highest BCUT2D eigenvalue weighted by atomic mass is 16.5. The second-order valence-electron chi connectivity index (χ2n) is 6.10. The minimum Gasteiger partial charge on any atom is -0.494 e. The summed E-state index contributed by atoms with van der Waals surface area (Å²) in [5.74, 6) is 1.08. The first-order chi connectivity index (χ1) is 10.4. The summed E-state index contributed by atoms with van der Waals surface area (Å²) >= 11 is 0. The van der Waals surface area contributed by atoms with E-state index in [0.717, 1.165) is 17.9 Å². The van der Waals surface area contributed by atoms with Gasteiger partial charge in [0.05, 0.1) is 6.61 Å². The Kier molecular flexibility index (Phi) is 4.80. The third-order valence-corrected chi connectivity index (χ3v) is 2.98. The van der Waals surface area contributed by atoms with E-state index >= 15 is 0 Å². The number of benzene rings is 1. The van der Waals surface area contributed by atoms with Crippen molar-refractivity contribution in [1.82, 2.24) is 15.2 Å². The Hall–Kier alpha value is -2.37. The van der Waals surface area contributed by atoms with Gasteiger partial charge >= 0.3 is 0 Å². The molecule has 22 heavy (non-hydrogen) atoms. The smallest absolute Gasteiger partial charge is 0.274 e. The summed E-state index contributed by atoms with van der Waals surface area (Å²) in [5.41, 5.74) is 0.621. The van der Waals surface area contributed by atoms with Crippen LogP contribution in [0, 0.1) is 0 Å². The quantitative estimate of drug-likeness (QED) is 0.887. The van der Waals surface area contributed by atoms with E-state index in [0.29, 0.717) is 18.2 Å². The zero-order chi connectivity index (χ0) is 16.2. The van der Waals surface area contributed by atoms with Crippen LogP contribution in [-0.4, -0.2) is 21.8 Å². The van der Waals surface area contributed by atoms with Gasteiger partial charge in [-0.1, -0.05) is 33.8 Å². The highest BCUT2D eigenvalue weighted by molar-refractivity contribution is 5.55. The van der Waals surface area contributed by atoms with Gasteiger partial charge in [0.1, 0.15) is 11.4 Å². The summed E-state index contributed by atoms with van der Waals surface area (Å²) < 4.78 is 5.57. The normalized spacial score (nSPS) is 11.3. The van der Waals surface area contributed by atoms with E-state index in [-0.39, 0.29) is 11.0 Å². The van der Waals surface area contributed by atoms with Gasteiger partial charge in [-0.05, 0) is 18.6 Å². The molecule has 0 atom stereocenters. The number of rotatable bonds is 5. The largest absolute Gasteiger partial charge is 0.494 e. The fraction of sp³-hybridized carbons (Fsp3) is 0.438. The van der Waals surface area contributed by atoms with Crippen molar-refractivity contribution in [3.05, 3.63) is 40.3 Å². The van der Waals surface area contributed by atoms with Crippen LogP contribution in [0.15, 0.2) is 29.1 Å². The van der Waals surface area contributed by atoms with E-state index in [1.807, 2.05) is 45.0 Å². The molecule has 0 aliphatic carbocycles. The van der Waals surface area contributed by atoms with Crippen LogP contribution in [0.3, 0.4) is 0 Å². The van der Waals surface area contributed by atoms with Crippen molar-refractivity contribution in [2.75, 3.05) is 11.9 Å². The van der Waals surface area contributed by atoms with E-state index in [1.165, 1.54) is 0 Å². The number of aromatic amines is 1. The second kappa shape index (κ2) is 6.60. The number of aromatic nitrogens is 3. The minimum atomic E-state index is -0.340. The molecule has 2 rings (SSSR count). The molecule has 2 aromatic rings. The summed E-state index contributed by atoms with van der Waals surface area (Å²) in [6.45, 7) is 8.50. The summed E-state index contributed by atoms with van der Waals surface area (Å²) in [7, 11) is 0. The molecular weight excluding hydrogens is 280 g/mol. The van der Waals surface area contributed by atoms with Crippen molar-refractivity contribution < 1.29 is 4.74 Å². The van der Waals surface area contributed by atoms with Crippen molar-refractivity contribution in [2.45, 2.75) is 39.5 Å². The average Bonchev–Trinajstić information content (AvgIpc) is 2.44. The standard InChI is InChI=1S/C16H22N4O2/c1-5-9-22-12-8-6-7-11(10-12)17-15-18-14(21)13(19-20-15)16(2,3)4/h6-8,10H,5,9H2,1-4H3,(H2,17,18,20,21). The molecule has 118 valence electrons. The fourth-order valence-electron chi connectivity index (χ4n) is 1.90. The lowest BCUT2D eigenvalue weighted by Crippen LogP contribution is -2.28. The van der Waals surface area contributed by atoms with E-state index in [4.69, 9.17) is 4.74 Å². The van der Waals surface area contributed by atoms with Gasteiger partial charge in [-0.2, -0.15) is 0 Å². The Morgan fingerprint density at radius 2 is 2.05 bits per heavy atom. The van der Waals surface area contributed by atoms with Crippen LogP contribution in [0.2, 0.25) is 0 Å². The number of ether oxygens (including phenoxy) is 1. The van der Waals surface area contributed by atoms with Gasteiger partial charge in [0.15, 0.2) is 0 Å². The van der Waals surface area contributed by atoms with Crippen LogP contribution in [0.25, 0.3) is 0 Å². The predicted molar refractivity (Wildman–Crippen MR) is 86.9 cm³/mol. The molecule has 6 nitrogen and oxygen atoms in total. The third-order valence-electron chi connectivity index (χ3n) is 2.98. The molecule has 0 saturated heterocycles. The summed E-state index contributed by atoms with van der Waals surface area (Å²) in [5, 5.41) is 11.1. The topological polar surface area (TPSA) is 79.9 Å². The summed E-state index contributed by atoms with van der Waals surface area (Å²) in [4.78, 5) is 14.8. The molecule has 2 N–H and O–H groups in total. The SMILES string of the molecule is CCCOc1cccc(Nc2nnc(C(C)(C)C)c(=O)[nH]2)c1. The molecule has 1 aromatic heterocycles. The van der Waals surface area contributed by atoms with E-state index in [1.54, 1.807) is 0 Å². The van der Waals surface area contributed by atoms with Crippen molar-refractivity contribution in [1.29, 1.82) is 0 Å². The van der Waals surface area contributed by atoms with Gasteiger partial charge in [-0.25, -0.2) is 0 Å². The molecule has 0 fully saturated rings. The maximum Gasteiger partial charge on any atom is 0.274 e. The number of H-pyrrole nitrogens is 1. The van der Waals surface area contributed by atoms with Gasteiger partial charge in [0.25, 0.3) is 5.56 Å². The molecule has 0 saturated carbocycles. The molecule has 0 bridgehead atoms. The van der Waals surface area contributed by atoms with E-state index in [9.17, 15) is 4.79 Å². The average molecular weight is 302 g/mol. The molecule has 0 aliphatic rings. The zero-order valence-corrected chi connectivity index (χ0v) is 13.4. The Morgan fingerprint density at radius 1 is 1.27 bits per heavy atom. The van der Waals surface area contributed by atoms with Crippen molar-refractivity contribution in [3.63, 3.8) is 0 Å². The zero-order valence-electron chi connectivity index (χ0n) is 13.4. The second-order valence-corrected chi connectivity index (χ2v) is 6.10. The Bertz CT molecular complexity index is 689. The van der Waals surface area contributed by atoms with E-state index in [2.05, 4.69) is 27.4 Å². The molecule has 1 heterocycles. The maximum absolute atomic E-state index is 12.1. The van der Waals surface area contributed by atoms with Crippen LogP contribution in [0.5, 0.6) is 5.75 Å². The fourth-order valence-corrected chi connectivity index (χ4v) is 1.90. The van der Waals surface area contributed by atoms with Gasteiger partial charge in [0, 0.05) is 17.2 Å². The van der Waals surface area contributed by atoms with E-state index < -0.39 is 0 Å². The summed E-state index contributed by atoms with van der Waals surface area (Å²) in [6.07, 6.45) is 0.949. The molecule has 0 unspecified atom stereocenters. The molecule has 0 spiro atoms. The highest BCUT2D eigenvalue weighted by Crippen LogP contribution is 2.20. The molecular formula is C16H22N4O2. The maximum atomic E-state index is 12.1. The first-order valence-corrected chi connectivity index (χ1v) is 7.37. The van der Waals surface area contributed by atoms with Crippen molar-refractivity contribution in [2.24, 2.45) is 0 Å². The van der Waals surface area contributed by atoms with Crippen LogP contribution >= 0.6 is 0 Å². The van der Waals surface area contributed by atoms with Crippen LogP contribution in [-0.2, 0) is 5.41 Å². The molecule has 0 aliphatic heterocycles. The lowest BCUT2D eigenvalue weighted by molar-refractivity contribution is 0.317. The number of hydrogen-bond donors (Lipinski definition) is 2.